The van der Waals surface area contributed by atoms with Crippen LogP contribution in [0.5, 0.6) is 5.75 Å². The molecule has 214 valence electrons. The maximum atomic E-state index is 12.9. The molecule has 0 unspecified atom stereocenters. The third kappa shape index (κ3) is 5.86. The quantitative estimate of drug-likeness (QED) is 0.316. The average molecular weight is 571 g/mol. The number of hydrogen-bond donors (Lipinski definition) is 1. The monoisotopic (exact) mass is 570 g/mol. The Balaban J connectivity index is 1.57. The minimum absolute atomic E-state index is 0.235. The van der Waals surface area contributed by atoms with Gasteiger partial charge in [0, 0.05) is 18.2 Å². The largest absolute Gasteiger partial charge is 0.491 e. The Labute approximate surface area is 241 Å². The minimum Gasteiger partial charge on any atom is -0.491 e. The molecule has 0 saturated carbocycles. The number of benzene rings is 3. The van der Waals surface area contributed by atoms with Gasteiger partial charge in [0.05, 0.1) is 6.10 Å². The molecule has 1 N–H and O–H groups in total. The van der Waals surface area contributed by atoms with Gasteiger partial charge in [-0.05, 0) is 41.4 Å². The molecule has 4 aromatic rings. The fraction of sp³-hybridized carbons (Fsp3) is 0.333. The number of H-pyrrole nitrogens is 1. The van der Waals surface area contributed by atoms with E-state index in [-0.39, 0.29) is 17.7 Å². The van der Waals surface area contributed by atoms with E-state index in [2.05, 4.69) is 74.3 Å². The first-order chi connectivity index (χ1) is 19.6. The molecule has 5 rings (SSSR count). The molecular weight excluding hydrogens is 532 g/mol. The normalized spacial score (nSPS) is 19.3. The van der Waals surface area contributed by atoms with Crippen LogP contribution in [0.1, 0.15) is 44.5 Å². The van der Waals surface area contributed by atoms with Crippen LogP contribution in [0.15, 0.2) is 101 Å². The van der Waals surface area contributed by atoms with E-state index in [1.54, 1.807) is 13.1 Å². The van der Waals surface area contributed by atoms with Crippen molar-refractivity contribution >= 4 is 18.7 Å². The van der Waals surface area contributed by atoms with Crippen molar-refractivity contribution in [1.29, 1.82) is 0 Å². The molecule has 0 aliphatic carbocycles. The van der Waals surface area contributed by atoms with Crippen LogP contribution in [0.2, 0.25) is 5.04 Å². The van der Waals surface area contributed by atoms with E-state index in [1.807, 2.05) is 43.3 Å². The molecule has 0 amide bonds. The van der Waals surface area contributed by atoms with Crippen LogP contribution < -0.4 is 26.4 Å². The van der Waals surface area contributed by atoms with E-state index in [1.165, 1.54) is 4.57 Å². The highest BCUT2D eigenvalue weighted by Crippen LogP contribution is 2.41. The molecular formula is C33H38N2O5Si. The van der Waals surface area contributed by atoms with E-state index in [4.69, 9.17) is 13.9 Å². The molecule has 3 atom stereocenters. The number of aromatic amines is 1. The Morgan fingerprint density at radius 2 is 1.49 bits per heavy atom. The van der Waals surface area contributed by atoms with Gasteiger partial charge < -0.3 is 13.9 Å². The standard InChI is InChI=1S/C33H38N2O5Si/c1-23-16-18-25(19-17-23)38-22-29-28(20-30(39-29)35-21-24(2)31(36)34-32(35)37)40-41(33(3,4)5,26-12-8-6-9-13-26)27-14-10-7-11-15-27/h6-19,21,28-30H,20,22H2,1-5H3,(H,34,36,37)/t28-,29+,30+/m0/s1. The summed E-state index contributed by atoms with van der Waals surface area (Å²) in [5.41, 5.74) is 0.686. The molecule has 0 radical (unpaired) electrons. The lowest BCUT2D eigenvalue weighted by molar-refractivity contribution is -0.0385. The number of nitrogens with one attached hydrogen (secondary N) is 1. The Morgan fingerprint density at radius 3 is 2.05 bits per heavy atom. The first-order valence-corrected chi connectivity index (χ1v) is 16.0. The molecule has 3 aromatic carbocycles. The van der Waals surface area contributed by atoms with Gasteiger partial charge in [-0.25, -0.2) is 4.79 Å². The van der Waals surface area contributed by atoms with Crippen molar-refractivity contribution in [2.24, 2.45) is 0 Å². The Hall–Kier alpha value is -3.72. The first-order valence-electron chi connectivity index (χ1n) is 14.0. The van der Waals surface area contributed by atoms with E-state index >= 15 is 0 Å². The molecule has 7 nitrogen and oxygen atoms in total. The van der Waals surface area contributed by atoms with Crippen LogP contribution in [0.25, 0.3) is 0 Å². The lowest BCUT2D eigenvalue weighted by Gasteiger charge is -2.45. The van der Waals surface area contributed by atoms with Crippen molar-refractivity contribution in [1.82, 2.24) is 9.55 Å². The van der Waals surface area contributed by atoms with Crippen molar-refractivity contribution in [3.05, 3.63) is 123 Å². The molecule has 1 aliphatic heterocycles. The van der Waals surface area contributed by atoms with Gasteiger partial charge in [0.15, 0.2) is 0 Å². The summed E-state index contributed by atoms with van der Waals surface area (Å²) in [5, 5.41) is 2.09. The maximum Gasteiger partial charge on any atom is 0.330 e. The van der Waals surface area contributed by atoms with Crippen LogP contribution in [0.4, 0.5) is 0 Å². The Kier molecular flexibility index (Phi) is 8.17. The van der Waals surface area contributed by atoms with Gasteiger partial charge in [-0.3, -0.25) is 14.3 Å². The lowest BCUT2D eigenvalue weighted by atomic mass is 10.2. The zero-order valence-electron chi connectivity index (χ0n) is 24.3. The van der Waals surface area contributed by atoms with E-state index in [9.17, 15) is 9.59 Å². The smallest absolute Gasteiger partial charge is 0.330 e. The number of hydrogen-bond acceptors (Lipinski definition) is 5. The molecule has 41 heavy (non-hydrogen) atoms. The molecule has 2 heterocycles. The summed E-state index contributed by atoms with van der Waals surface area (Å²) in [5.74, 6) is 0.740. The van der Waals surface area contributed by atoms with E-state index < -0.39 is 31.9 Å². The summed E-state index contributed by atoms with van der Waals surface area (Å²) < 4.78 is 21.6. The second-order valence-corrected chi connectivity index (χ2v) is 16.0. The molecule has 0 spiro atoms. The Bertz CT molecular complexity index is 1540. The molecule has 1 aliphatic rings. The fourth-order valence-corrected chi connectivity index (χ4v) is 10.4. The van der Waals surface area contributed by atoms with Crippen LogP contribution in [0.3, 0.4) is 0 Å². The van der Waals surface area contributed by atoms with E-state index in [0.717, 1.165) is 21.7 Å². The number of aryl methyl sites for hydroxylation is 2. The van der Waals surface area contributed by atoms with Gasteiger partial charge in [0.1, 0.15) is 24.7 Å². The van der Waals surface area contributed by atoms with Gasteiger partial charge >= 0.3 is 5.69 Å². The Morgan fingerprint density at radius 1 is 0.902 bits per heavy atom. The first kappa shape index (κ1) is 28.8. The van der Waals surface area contributed by atoms with Crippen molar-refractivity contribution in [2.75, 3.05) is 6.61 Å². The van der Waals surface area contributed by atoms with Crippen molar-refractivity contribution < 1.29 is 13.9 Å². The molecule has 8 heteroatoms. The highest BCUT2D eigenvalue weighted by atomic mass is 28.4. The summed E-state index contributed by atoms with van der Waals surface area (Å²) in [7, 11) is -2.92. The minimum atomic E-state index is -2.92. The summed E-state index contributed by atoms with van der Waals surface area (Å²) >= 11 is 0. The second-order valence-electron chi connectivity index (χ2n) is 11.8. The van der Waals surface area contributed by atoms with Crippen LogP contribution in [-0.2, 0) is 9.16 Å². The SMILES string of the molecule is Cc1ccc(OC[C@H]2O[C@@H](n3cc(C)c(=O)[nH]c3=O)C[C@@H]2O[Si](c2ccccc2)(c2ccccc2)C(C)(C)C)cc1. The second kappa shape index (κ2) is 11.6. The maximum absolute atomic E-state index is 12.9. The van der Waals surface area contributed by atoms with Crippen LogP contribution >= 0.6 is 0 Å². The highest BCUT2D eigenvalue weighted by molar-refractivity contribution is 6.99. The third-order valence-electron chi connectivity index (χ3n) is 7.82. The summed E-state index contributed by atoms with van der Waals surface area (Å²) in [6.07, 6.45) is 0.540. The zero-order valence-corrected chi connectivity index (χ0v) is 25.3. The van der Waals surface area contributed by atoms with Gasteiger partial charge in [0.25, 0.3) is 13.9 Å². The fourth-order valence-electron chi connectivity index (χ4n) is 5.68. The van der Waals surface area contributed by atoms with Gasteiger partial charge in [-0.1, -0.05) is 99.1 Å². The molecule has 1 aromatic heterocycles. The summed E-state index contributed by atoms with van der Waals surface area (Å²) in [4.78, 5) is 27.3. The topological polar surface area (TPSA) is 82.5 Å². The van der Waals surface area contributed by atoms with Crippen molar-refractivity contribution in [2.45, 2.75) is 64.5 Å². The summed E-state index contributed by atoms with van der Waals surface area (Å²) in [6.45, 7) is 10.7. The third-order valence-corrected chi connectivity index (χ3v) is 12.9. The highest BCUT2D eigenvalue weighted by Gasteiger charge is 2.54. The molecule has 1 fully saturated rings. The predicted molar refractivity (Wildman–Crippen MR) is 164 cm³/mol. The van der Waals surface area contributed by atoms with Crippen molar-refractivity contribution in [3.63, 3.8) is 0 Å². The molecule has 0 bridgehead atoms. The lowest BCUT2D eigenvalue weighted by Crippen LogP contribution is -2.68. The van der Waals surface area contributed by atoms with Gasteiger partial charge in [-0.15, -0.1) is 0 Å². The van der Waals surface area contributed by atoms with Crippen LogP contribution in [0, 0.1) is 13.8 Å². The summed E-state index contributed by atoms with van der Waals surface area (Å²) in [6, 6.07) is 28.8. The van der Waals surface area contributed by atoms with Crippen LogP contribution in [-0.4, -0.2) is 36.7 Å². The van der Waals surface area contributed by atoms with E-state index in [0.29, 0.717) is 12.0 Å². The number of ether oxygens (including phenoxy) is 2. The van der Waals surface area contributed by atoms with Gasteiger partial charge in [-0.2, -0.15) is 0 Å². The predicted octanol–water partition coefficient (Wildman–Crippen LogP) is 4.47. The average Bonchev–Trinajstić information content (AvgIpc) is 3.35. The zero-order chi connectivity index (χ0) is 29.2. The van der Waals surface area contributed by atoms with Gasteiger partial charge in [0.2, 0.25) is 0 Å². The number of aromatic nitrogens is 2. The van der Waals surface area contributed by atoms with Crippen molar-refractivity contribution in [3.8, 4) is 5.75 Å². The molecule has 1 saturated heterocycles. The number of rotatable bonds is 8. The number of nitrogens with zero attached hydrogens (tertiary/aromatic N) is 1.